The van der Waals surface area contributed by atoms with E-state index < -0.39 is 5.69 Å². The lowest BCUT2D eigenvalue weighted by Crippen LogP contribution is -2.40. The first kappa shape index (κ1) is 20.1. The Morgan fingerprint density at radius 2 is 1.53 bits per heavy atom. The van der Waals surface area contributed by atoms with Gasteiger partial charge in [0.1, 0.15) is 0 Å². The Morgan fingerprint density at radius 1 is 0.867 bits per heavy atom. The topological polar surface area (TPSA) is 63.8 Å². The van der Waals surface area contributed by atoms with E-state index in [9.17, 15) is 14.4 Å². The van der Waals surface area contributed by atoms with Gasteiger partial charge in [-0.25, -0.2) is 4.79 Å². The quantitative estimate of drug-likeness (QED) is 0.332. The van der Waals surface area contributed by atoms with Gasteiger partial charge in [0.05, 0.1) is 21.8 Å². The fourth-order valence-electron chi connectivity index (χ4n) is 4.13. The van der Waals surface area contributed by atoms with E-state index in [1.54, 1.807) is 30.3 Å². The first-order valence-corrected chi connectivity index (χ1v) is 9.49. The number of hydrogen-bond donors (Lipinski definition) is 0. The minimum absolute atomic E-state index is 0. The van der Waals surface area contributed by atoms with Gasteiger partial charge in [-0.15, -0.1) is 12.4 Å². The highest BCUT2D eigenvalue weighted by Crippen LogP contribution is 2.28. The van der Waals surface area contributed by atoms with E-state index in [2.05, 4.69) is 0 Å². The van der Waals surface area contributed by atoms with E-state index in [-0.39, 0.29) is 29.9 Å². The molecule has 0 saturated carbocycles. The van der Waals surface area contributed by atoms with E-state index >= 15 is 0 Å². The van der Waals surface area contributed by atoms with E-state index in [0.717, 1.165) is 10.8 Å². The zero-order valence-electron chi connectivity index (χ0n) is 16.6. The first-order chi connectivity index (χ1) is 14.0. The van der Waals surface area contributed by atoms with E-state index in [1.165, 1.54) is 8.97 Å². The van der Waals surface area contributed by atoms with Crippen LogP contribution in [0.1, 0.15) is 0 Å². The number of halogens is 1. The molecule has 30 heavy (non-hydrogen) atoms. The van der Waals surface area contributed by atoms with Crippen LogP contribution in [-0.4, -0.2) is 34.5 Å². The van der Waals surface area contributed by atoms with E-state index in [0.29, 0.717) is 33.7 Å². The third-order valence-electron chi connectivity index (χ3n) is 5.53. The molecule has 0 saturated heterocycles. The van der Waals surface area contributed by atoms with Crippen molar-refractivity contribution in [1.82, 2.24) is 13.9 Å². The number of fused-ring (bicyclic) bond motifs is 4. The summed E-state index contributed by atoms with van der Waals surface area (Å²) in [5.74, 6) is 0. The average molecular weight is 422 g/mol. The number of aromatic nitrogens is 2. The Kier molecular flexibility index (Phi) is 4.84. The molecule has 0 bridgehead atoms. The number of benzene rings is 3. The van der Waals surface area contributed by atoms with Gasteiger partial charge >= 0.3 is 5.69 Å². The maximum absolute atomic E-state index is 13.4. The monoisotopic (exact) mass is 421 g/mol. The van der Waals surface area contributed by atoms with Crippen molar-refractivity contribution in [3.63, 3.8) is 0 Å². The zero-order valence-corrected chi connectivity index (χ0v) is 17.4. The molecule has 6 nitrogen and oxygen atoms in total. The molecule has 2 heterocycles. The molecule has 5 rings (SSSR count). The van der Waals surface area contributed by atoms with Crippen molar-refractivity contribution in [2.24, 2.45) is 0 Å². The highest BCUT2D eigenvalue weighted by molar-refractivity contribution is 6.16. The molecule has 0 N–H and O–H groups in total. The maximum Gasteiger partial charge on any atom is 0.336 e. The summed E-state index contributed by atoms with van der Waals surface area (Å²) in [5, 5.41) is 2.84. The lowest BCUT2D eigenvalue weighted by molar-refractivity contribution is 0.376. The predicted octanol–water partition coefficient (Wildman–Crippen LogP) is 2.70. The third kappa shape index (κ3) is 2.72. The van der Waals surface area contributed by atoms with Crippen LogP contribution in [0.3, 0.4) is 0 Å². The average Bonchev–Trinajstić information content (AvgIpc) is 2.72. The molecule has 0 amide bonds. The number of likely N-dealkylation sites (N-methyl/N-ethyl adjacent to an activating group) is 1. The highest BCUT2D eigenvalue weighted by Gasteiger charge is 2.20. The summed E-state index contributed by atoms with van der Waals surface area (Å²) in [7, 11) is 3.79. The van der Waals surface area contributed by atoms with E-state index in [4.69, 9.17) is 0 Å². The molecule has 0 unspecified atom stereocenters. The van der Waals surface area contributed by atoms with Gasteiger partial charge < -0.3 is 4.90 Å². The maximum atomic E-state index is 13.4. The SMILES string of the molecule is CN(C)CCn1c(=O)c2cc3ccccc3c3c(=O)c4ccccc4n(c1=O)c23.Cl. The molecule has 2 aromatic heterocycles. The van der Waals surface area contributed by atoms with Crippen LogP contribution in [0, 0.1) is 0 Å². The normalized spacial score (nSPS) is 11.7. The molecular weight excluding hydrogens is 402 g/mol. The van der Waals surface area contributed by atoms with Crippen LogP contribution < -0.4 is 16.7 Å². The van der Waals surface area contributed by atoms with Crippen LogP contribution in [0.4, 0.5) is 0 Å². The second kappa shape index (κ2) is 7.23. The second-order valence-corrected chi connectivity index (χ2v) is 7.59. The Hall–Kier alpha value is -3.22. The molecule has 0 radical (unpaired) electrons. The van der Waals surface area contributed by atoms with Crippen LogP contribution in [-0.2, 0) is 6.54 Å². The number of hydrogen-bond acceptors (Lipinski definition) is 4. The van der Waals surface area contributed by atoms with Crippen LogP contribution >= 0.6 is 12.4 Å². The van der Waals surface area contributed by atoms with Crippen LogP contribution in [0.25, 0.3) is 38.0 Å². The van der Waals surface area contributed by atoms with Crippen molar-refractivity contribution in [3.8, 4) is 0 Å². The molecule has 0 aliphatic rings. The zero-order chi connectivity index (χ0) is 20.3. The second-order valence-electron chi connectivity index (χ2n) is 7.59. The van der Waals surface area contributed by atoms with Crippen molar-refractivity contribution >= 4 is 50.4 Å². The lowest BCUT2D eigenvalue weighted by Gasteiger charge is -2.16. The Bertz CT molecular complexity index is 1600. The number of nitrogens with zero attached hydrogens (tertiary/aromatic N) is 3. The molecule has 0 aliphatic heterocycles. The number of pyridine rings is 1. The van der Waals surface area contributed by atoms with Gasteiger partial charge in [-0.05, 0) is 43.1 Å². The standard InChI is InChI=1S/C23H19N3O3.ClH/c1-24(2)11-12-25-22(28)17-13-14-7-3-4-8-15(14)19-20(17)26(23(25)29)18-10-6-5-9-16(18)21(19)27;/h3-10,13H,11-12H2,1-2H3;1H. The Balaban J connectivity index is 0.00000218. The first-order valence-electron chi connectivity index (χ1n) is 9.49. The van der Waals surface area contributed by atoms with Crippen molar-refractivity contribution in [2.45, 2.75) is 6.54 Å². The minimum Gasteiger partial charge on any atom is -0.308 e. The third-order valence-corrected chi connectivity index (χ3v) is 5.53. The molecule has 0 fully saturated rings. The lowest BCUT2D eigenvalue weighted by atomic mass is 10.00. The number of para-hydroxylation sites is 1. The minimum atomic E-state index is -0.416. The van der Waals surface area contributed by atoms with Gasteiger partial charge in [-0.2, -0.15) is 0 Å². The molecular formula is C23H20ClN3O3. The molecule has 5 aromatic rings. The van der Waals surface area contributed by atoms with Crippen molar-refractivity contribution < 1.29 is 0 Å². The van der Waals surface area contributed by atoms with Crippen LogP contribution in [0.15, 0.2) is 69.0 Å². The van der Waals surface area contributed by atoms with Gasteiger partial charge in [0, 0.05) is 18.5 Å². The summed E-state index contributed by atoms with van der Waals surface area (Å²) in [6.45, 7) is 0.834. The summed E-state index contributed by atoms with van der Waals surface area (Å²) < 4.78 is 2.80. The van der Waals surface area contributed by atoms with Gasteiger partial charge in [0.15, 0.2) is 5.43 Å². The Labute approximate surface area is 177 Å². The summed E-state index contributed by atoms with van der Waals surface area (Å²) >= 11 is 0. The van der Waals surface area contributed by atoms with Gasteiger partial charge in [-0.3, -0.25) is 18.6 Å². The van der Waals surface area contributed by atoms with Gasteiger partial charge in [-0.1, -0.05) is 36.4 Å². The summed E-state index contributed by atoms with van der Waals surface area (Å²) in [6.07, 6.45) is 0. The largest absolute Gasteiger partial charge is 0.336 e. The summed E-state index contributed by atoms with van der Waals surface area (Å²) in [6, 6.07) is 16.4. The van der Waals surface area contributed by atoms with Crippen LogP contribution in [0.2, 0.25) is 0 Å². The van der Waals surface area contributed by atoms with E-state index in [1.807, 2.05) is 43.3 Å². The molecule has 0 atom stereocenters. The van der Waals surface area contributed by atoms with Gasteiger partial charge in [0.25, 0.3) is 5.56 Å². The predicted molar refractivity (Wildman–Crippen MR) is 124 cm³/mol. The molecule has 0 aliphatic carbocycles. The summed E-state index contributed by atoms with van der Waals surface area (Å²) in [4.78, 5) is 42.0. The smallest absolute Gasteiger partial charge is 0.308 e. The van der Waals surface area contributed by atoms with Crippen molar-refractivity contribution in [3.05, 3.63) is 85.7 Å². The number of rotatable bonds is 3. The van der Waals surface area contributed by atoms with Crippen LogP contribution in [0.5, 0.6) is 0 Å². The fraction of sp³-hybridized carbons (Fsp3) is 0.174. The fourth-order valence-corrected chi connectivity index (χ4v) is 4.13. The van der Waals surface area contributed by atoms with Gasteiger partial charge in [0.2, 0.25) is 0 Å². The summed E-state index contributed by atoms with van der Waals surface area (Å²) in [5.41, 5.74) is -0.00672. The molecule has 152 valence electrons. The Morgan fingerprint density at radius 3 is 2.27 bits per heavy atom. The highest BCUT2D eigenvalue weighted by atomic mass is 35.5. The molecule has 3 aromatic carbocycles. The molecule has 0 spiro atoms. The van der Waals surface area contributed by atoms with Crippen molar-refractivity contribution in [1.29, 1.82) is 0 Å². The molecule has 7 heteroatoms. The van der Waals surface area contributed by atoms with Crippen molar-refractivity contribution in [2.75, 3.05) is 20.6 Å².